The number of benzene rings is 1. The second-order valence-electron chi connectivity index (χ2n) is 7.14. The number of carbonyl (C=O) groups excluding carboxylic acids is 2. The molecule has 2 aliphatic heterocycles. The highest BCUT2D eigenvalue weighted by atomic mass is 32.2. The molecule has 2 aromatic rings. The average Bonchev–Trinajstić information content (AvgIpc) is 3.21. The van der Waals surface area contributed by atoms with E-state index in [9.17, 15) is 9.59 Å². The van der Waals surface area contributed by atoms with E-state index in [2.05, 4.69) is 10.3 Å². The third-order valence-corrected chi connectivity index (χ3v) is 6.42. The lowest BCUT2D eigenvalue weighted by molar-refractivity contribution is -0.135. The van der Waals surface area contributed by atoms with Crippen LogP contribution in [0.3, 0.4) is 0 Å². The number of oxazole rings is 1. The molecule has 2 aliphatic rings. The fourth-order valence-electron chi connectivity index (χ4n) is 3.51. The molecular formula is C18H21N3O3S. The first-order valence-electron chi connectivity index (χ1n) is 8.55. The van der Waals surface area contributed by atoms with Crippen LogP contribution >= 0.6 is 11.8 Å². The molecule has 6 nitrogen and oxygen atoms in total. The Bertz CT molecular complexity index is 862. The number of fused-ring (bicyclic) bond motifs is 2. The van der Waals surface area contributed by atoms with Gasteiger partial charge in [0, 0.05) is 23.8 Å². The number of nitrogens with zero attached hydrogens (tertiary/aromatic N) is 2. The molecule has 0 aliphatic carbocycles. The average molecular weight is 359 g/mol. The lowest BCUT2D eigenvalue weighted by Crippen LogP contribution is -2.48. The van der Waals surface area contributed by atoms with Crippen molar-refractivity contribution < 1.29 is 14.0 Å². The fourth-order valence-corrected chi connectivity index (χ4v) is 4.94. The van der Waals surface area contributed by atoms with Crippen molar-refractivity contribution in [2.24, 2.45) is 0 Å². The Hall–Kier alpha value is -2.02. The molecule has 132 valence electrons. The van der Waals surface area contributed by atoms with E-state index in [-0.39, 0.29) is 22.6 Å². The maximum atomic E-state index is 12.7. The van der Waals surface area contributed by atoms with Crippen LogP contribution in [0.5, 0.6) is 0 Å². The molecule has 3 heterocycles. The van der Waals surface area contributed by atoms with Crippen molar-refractivity contribution >= 4 is 40.4 Å². The molecule has 4 rings (SSSR count). The lowest BCUT2D eigenvalue weighted by Gasteiger charge is -2.29. The van der Waals surface area contributed by atoms with Gasteiger partial charge in [-0.3, -0.25) is 9.59 Å². The van der Waals surface area contributed by atoms with Crippen molar-refractivity contribution in [2.45, 2.75) is 50.4 Å². The number of hydrogen-bond donors (Lipinski definition) is 1. The molecule has 2 amide bonds. The number of amides is 2. The summed E-state index contributed by atoms with van der Waals surface area (Å²) < 4.78 is 5.69. The Morgan fingerprint density at radius 2 is 2.28 bits per heavy atom. The summed E-state index contributed by atoms with van der Waals surface area (Å²) in [6, 6.07) is 5.03. The van der Waals surface area contributed by atoms with Crippen LogP contribution in [-0.4, -0.2) is 38.4 Å². The highest BCUT2D eigenvalue weighted by Crippen LogP contribution is 2.47. The fraction of sp³-hybridized carbons (Fsp3) is 0.500. The Kier molecular flexibility index (Phi) is 3.79. The van der Waals surface area contributed by atoms with Crippen LogP contribution < -0.4 is 5.32 Å². The van der Waals surface area contributed by atoms with Crippen molar-refractivity contribution in [3.05, 3.63) is 24.1 Å². The first-order chi connectivity index (χ1) is 11.9. The second kappa shape index (κ2) is 5.76. The van der Waals surface area contributed by atoms with Crippen molar-refractivity contribution in [1.29, 1.82) is 0 Å². The van der Waals surface area contributed by atoms with Gasteiger partial charge >= 0.3 is 0 Å². The molecule has 1 aromatic heterocycles. The largest absolute Gasteiger partial charge is 0.440 e. The molecule has 0 unspecified atom stereocenters. The van der Waals surface area contributed by atoms with Gasteiger partial charge in [0.15, 0.2) is 11.5 Å². The molecule has 2 atom stereocenters. The smallest absolute Gasteiger partial charge is 0.248 e. The molecular weight excluding hydrogens is 338 g/mol. The highest BCUT2D eigenvalue weighted by Gasteiger charge is 2.52. The zero-order valence-electron chi connectivity index (χ0n) is 14.5. The lowest BCUT2D eigenvalue weighted by atomic mass is 10.2. The summed E-state index contributed by atoms with van der Waals surface area (Å²) in [4.78, 5) is 30.9. The van der Waals surface area contributed by atoms with Gasteiger partial charge in [0.25, 0.3) is 0 Å². The minimum absolute atomic E-state index is 0.0705. The van der Waals surface area contributed by atoms with E-state index in [4.69, 9.17) is 4.42 Å². The number of rotatable bonds is 3. The number of aromatic nitrogens is 1. The van der Waals surface area contributed by atoms with Gasteiger partial charge in [-0.05, 0) is 31.5 Å². The standard InChI is InChI=1S/C18H21N3O3S/c1-10(2)17-20-12-8-11(4-5-14(12)24-17)19-16(23)13-9-25-18(3)7-6-15(22)21(13)18/h4-5,8,10,13H,6-7,9H2,1-3H3,(H,19,23)/t13-,18-/m1/s1. The Labute approximate surface area is 150 Å². The summed E-state index contributed by atoms with van der Waals surface area (Å²) in [6.07, 6.45) is 1.33. The van der Waals surface area contributed by atoms with Gasteiger partial charge in [0.2, 0.25) is 11.8 Å². The molecule has 25 heavy (non-hydrogen) atoms. The Balaban J connectivity index is 1.55. The summed E-state index contributed by atoms with van der Waals surface area (Å²) in [5, 5.41) is 2.94. The van der Waals surface area contributed by atoms with Crippen molar-refractivity contribution in [3.8, 4) is 0 Å². The quantitative estimate of drug-likeness (QED) is 0.910. The minimum atomic E-state index is -0.413. The number of anilines is 1. The first-order valence-corrected chi connectivity index (χ1v) is 9.53. The predicted octanol–water partition coefficient (Wildman–Crippen LogP) is 3.34. The van der Waals surface area contributed by atoms with Crippen LogP contribution in [0.25, 0.3) is 11.1 Å². The molecule has 0 spiro atoms. The third kappa shape index (κ3) is 2.70. The normalized spacial score (nSPS) is 25.8. The number of thioether (sulfide) groups is 1. The molecule has 2 fully saturated rings. The number of nitrogens with one attached hydrogen (secondary N) is 1. The highest BCUT2D eigenvalue weighted by molar-refractivity contribution is 8.01. The summed E-state index contributed by atoms with van der Waals surface area (Å²) in [5.74, 6) is 1.46. The van der Waals surface area contributed by atoms with Gasteiger partial charge in [0.05, 0.1) is 4.87 Å². The summed E-state index contributed by atoms with van der Waals surface area (Å²) in [7, 11) is 0. The van der Waals surface area contributed by atoms with Crippen LogP contribution in [0, 0.1) is 0 Å². The van der Waals surface area contributed by atoms with Crippen molar-refractivity contribution in [1.82, 2.24) is 9.88 Å². The van der Waals surface area contributed by atoms with Crippen molar-refractivity contribution in [3.63, 3.8) is 0 Å². The van der Waals surface area contributed by atoms with Crippen LogP contribution in [0.2, 0.25) is 0 Å². The Morgan fingerprint density at radius 3 is 3.04 bits per heavy atom. The van der Waals surface area contributed by atoms with Crippen LogP contribution in [0.4, 0.5) is 5.69 Å². The minimum Gasteiger partial charge on any atom is -0.440 e. The van der Waals surface area contributed by atoms with E-state index < -0.39 is 6.04 Å². The zero-order valence-corrected chi connectivity index (χ0v) is 15.4. The van der Waals surface area contributed by atoms with E-state index in [1.807, 2.05) is 39.0 Å². The molecule has 1 aromatic carbocycles. The predicted molar refractivity (Wildman–Crippen MR) is 97.5 cm³/mol. The second-order valence-corrected chi connectivity index (χ2v) is 8.65. The molecule has 0 radical (unpaired) electrons. The first kappa shape index (κ1) is 16.4. The van der Waals surface area contributed by atoms with Gasteiger partial charge in [-0.15, -0.1) is 11.8 Å². The number of carbonyl (C=O) groups is 2. The van der Waals surface area contributed by atoms with Gasteiger partial charge in [-0.1, -0.05) is 13.8 Å². The zero-order chi connectivity index (χ0) is 17.8. The Morgan fingerprint density at radius 1 is 1.48 bits per heavy atom. The molecule has 1 N–H and O–H groups in total. The molecule has 2 saturated heterocycles. The van der Waals surface area contributed by atoms with Crippen LogP contribution in [0.15, 0.2) is 22.6 Å². The maximum Gasteiger partial charge on any atom is 0.248 e. The van der Waals surface area contributed by atoms with E-state index in [1.165, 1.54) is 0 Å². The SMILES string of the molecule is CC(C)c1nc2cc(NC(=O)[C@H]3CS[C@]4(C)CCC(=O)N34)ccc2o1. The van der Waals surface area contributed by atoms with Crippen LogP contribution in [-0.2, 0) is 9.59 Å². The van der Waals surface area contributed by atoms with Gasteiger partial charge in [-0.25, -0.2) is 4.98 Å². The summed E-state index contributed by atoms with van der Waals surface area (Å²) >= 11 is 1.69. The monoisotopic (exact) mass is 359 g/mol. The summed E-state index contributed by atoms with van der Waals surface area (Å²) in [6.45, 7) is 6.09. The molecule has 0 saturated carbocycles. The van der Waals surface area contributed by atoms with E-state index in [0.717, 1.165) is 11.9 Å². The topological polar surface area (TPSA) is 75.4 Å². The maximum absolute atomic E-state index is 12.7. The van der Waals surface area contributed by atoms with Gasteiger partial charge < -0.3 is 14.6 Å². The third-order valence-electron chi connectivity index (χ3n) is 4.91. The van der Waals surface area contributed by atoms with E-state index in [1.54, 1.807) is 16.7 Å². The van der Waals surface area contributed by atoms with E-state index >= 15 is 0 Å². The van der Waals surface area contributed by atoms with Crippen molar-refractivity contribution in [2.75, 3.05) is 11.1 Å². The van der Waals surface area contributed by atoms with Gasteiger partial charge in [0.1, 0.15) is 11.6 Å². The molecule has 0 bridgehead atoms. The number of hydrogen-bond acceptors (Lipinski definition) is 5. The van der Waals surface area contributed by atoms with Crippen LogP contribution in [0.1, 0.15) is 45.4 Å². The molecule has 7 heteroatoms. The van der Waals surface area contributed by atoms with E-state index in [0.29, 0.717) is 29.3 Å². The summed E-state index contributed by atoms with van der Waals surface area (Å²) in [5.41, 5.74) is 2.11. The van der Waals surface area contributed by atoms with Gasteiger partial charge in [-0.2, -0.15) is 0 Å².